The molecular formula is C18H17Cl2NO3. The zero-order chi connectivity index (χ0) is 17.4. The van der Waals surface area contributed by atoms with E-state index in [0.717, 1.165) is 12.0 Å². The Labute approximate surface area is 150 Å². The second kappa shape index (κ2) is 9.30. The van der Waals surface area contributed by atoms with Crippen LogP contribution in [0.4, 0.5) is 0 Å². The Hall–Kier alpha value is -2.04. The van der Waals surface area contributed by atoms with Crippen molar-refractivity contribution in [3.05, 3.63) is 69.7 Å². The number of rotatable bonds is 7. The van der Waals surface area contributed by atoms with Crippen molar-refractivity contribution in [3.63, 3.8) is 0 Å². The quantitative estimate of drug-likeness (QED) is 0.764. The van der Waals surface area contributed by atoms with E-state index in [0.29, 0.717) is 22.2 Å². The zero-order valence-corrected chi connectivity index (χ0v) is 14.4. The van der Waals surface area contributed by atoms with Gasteiger partial charge in [0.25, 0.3) is 5.91 Å². The van der Waals surface area contributed by atoms with E-state index in [4.69, 9.17) is 27.9 Å². The highest BCUT2D eigenvalue weighted by Gasteiger charge is 2.13. The van der Waals surface area contributed by atoms with Gasteiger partial charge in [0, 0.05) is 22.2 Å². The van der Waals surface area contributed by atoms with Crippen LogP contribution < -0.4 is 5.32 Å². The third-order valence-corrected chi connectivity index (χ3v) is 4.03. The summed E-state index contributed by atoms with van der Waals surface area (Å²) in [5, 5.41) is 3.50. The van der Waals surface area contributed by atoms with E-state index in [2.05, 4.69) is 5.32 Å². The number of nitrogens with one attached hydrogen (secondary N) is 1. The van der Waals surface area contributed by atoms with Crippen LogP contribution in [-0.4, -0.2) is 25.0 Å². The summed E-state index contributed by atoms with van der Waals surface area (Å²) in [6, 6.07) is 14.8. The summed E-state index contributed by atoms with van der Waals surface area (Å²) >= 11 is 12.0. The Morgan fingerprint density at radius 2 is 1.62 bits per heavy atom. The van der Waals surface area contributed by atoms with E-state index in [1.807, 2.05) is 30.3 Å². The maximum absolute atomic E-state index is 11.8. The van der Waals surface area contributed by atoms with Crippen molar-refractivity contribution in [1.82, 2.24) is 5.32 Å². The fourth-order valence-corrected chi connectivity index (χ4v) is 2.62. The van der Waals surface area contributed by atoms with Crippen molar-refractivity contribution in [2.24, 2.45) is 0 Å². The van der Waals surface area contributed by atoms with Gasteiger partial charge in [-0.2, -0.15) is 0 Å². The lowest BCUT2D eigenvalue weighted by atomic mass is 10.1. The minimum Gasteiger partial charge on any atom is -0.455 e. The predicted octanol–water partition coefficient (Wildman–Crippen LogP) is 3.44. The van der Waals surface area contributed by atoms with Gasteiger partial charge in [-0.3, -0.25) is 9.59 Å². The summed E-state index contributed by atoms with van der Waals surface area (Å²) in [5.74, 6) is -0.896. The molecule has 2 aromatic carbocycles. The molecule has 0 heterocycles. The van der Waals surface area contributed by atoms with Crippen LogP contribution in [0.15, 0.2) is 48.5 Å². The molecule has 0 aromatic heterocycles. The van der Waals surface area contributed by atoms with Gasteiger partial charge in [0.05, 0.1) is 6.42 Å². The standard InChI is InChI=1S/C18H17Cl2NO3/c19-15-7-4-8-16(20)14(15)11-18(23)24-12-17(22)21-10-9-13-5-2-1-3-6-13/h1-8H,9-12H2,(H,21,22). The first kappa shape index (κ1) is 18.3. The van der Waals surface area contributed by atoms with Crippen molar-refractivity contribution < 1.29 is 14.3 Å². The Morgan fingerprint density at radius 1 is 0.958 bits per heavy atom. The van der Waals surface area contributed by atoms with Crippen molar-refractivity contribution >= 4 is 35.1 Å². The number of benzene rings is 2. The number of esters is 1. The molecule has 1 N–H and O–H groups in total. The fraction of sp³-hybridized carbons (Fsp3) is 0.222. The molecule has 1 amide bonds. The topological polar surface area (TPSA) is 55.4 Å². The number of carbonyl (C=O) groups is 2. The second-order valence-corrected chi connectivity index (χ2v) is 5.94. The van der Waals surface area contributed by atoms with Gasteiger partial charge in [-0.25, -0.2) is 0 Å². The number of hydrogen-bond acceptors (Lipinski definition) is 3. The number of halogens is 2. The Kier molecular flexibility index (Phi) is 7.09. The van der Waals surface area contributed by atoms with E-state index >= 15 is 0 Å². The van der Waals surface area contributed by atoms with Crippen LogP contribution in [0.5, 0.6) is 0 Å². The Balaban J connectivity index is 1.70. The van der Waals surface area contributed by atoms with Crippen LogP contribution in [0.25, 0.3) is 0 Å². The molecule has 0 fully saturated rings. The SMILES string of the molecule is O=C(COC(=O)Cc1c(Cl)cccc1Cl)NCCc1ccccc1. The minimum absolute atomic E-state index is 0.0736. The Morgan fingerprint density at radius 3 is 2.29 bits per heavy atom. The molecule has 0 radical (unpaired) electrons. The molecule has 0 unspecified atom stereocenters. The fourth-order valence-electron chi connectivity index (χ4n) is 2.08. The Bertz CT molecular complexity index is 684. The summed E-state index contributed by atoms with van der Waals surface area (Å²) in [4.78, 5) is 23.5. The first-order valence-electron chi connectivity index (χ1n) is 7.45. The molecule has 0 saturated heterocycles. The van der Waals surface area contributed by atoms with E-state index < -0.39 is 5.97 Å². The van der Waals surface area contributed by atoms with E-state index in [1.54, 1.807) is 18.2 Å². The van der Waals surface area contributed by atoms with Crippen molar-refractivity contribution in [1.29, 1.82) is 0 Å². The van der Waals surface area contributed by atoms with Crippen molar-refractivity contribution in [3.8, 4) is 0 Å². The van der Waals surface area contributed by atoms with E-state index in [1.165, 1.54) is 0 Å². The monoisotopic (exact) mass is 365 g/mol. The molecule has 0 aliphatic rings. The van der Waals surface area contributed by atoms with Crippen LogP contribution in [0.1, 0.15) is 11.1 Å². The van der Waals surface area contributed by atoms with E-state index in [9.17, 15) is 9.59 Å². The van der Waals surface area contributed by atoms with Crippen LogP contribution in [0.3, 0.4) is 0 Å². The highest BCUT2D eigenvalue weighted by Crippen LogP contribution is 2.24. The van der Waals surface area contributed by atoms with Gasteiger partial charge < -0.3 is 10.1 Å². The van der Waals surface area contributed by atoms with E-state index in [-0.39, 0.29) is 18.9 Å². The number of amides is 1. The lowest BCUT2D eigenvalue weighted by molar-refractivity contribution is -0.147. The van der Waals surface area contributed by atoms with Gasteiger partial charge >= 0.3 is 5.97 Å². The van der Waals surface area contributed by atoms with Crippen molar-refractivity contribution in [2.75, 3.05) is 13.2 Å². The molecule has 2 rings (SSSR count). The van der Waals surface area contributed by atoms with Gasteiger partial charge in [-0.1, -0.05) is 59.6 Å². The minimum atomic E-state index is -0.553. The lowest BCUT2D eigenvalue weighted by Gasteiger charge is -2.08. The van der Waals surface area contributed by atoms with Crippen LogP contribution in [0.2, 0.25) is 10.0 Å². The van der Waals surface area contributed by atoms with Crippen molar-refractivity contribution in [2.45, 2.75) is 12.8 Å². The molecule has 0 spiro atoms. The highest BCUT2D eigenvalue weighted by molar-refractivity contribution is 6.36. The molecule has 0 aliphatic heterocycles. The average Bonchev–Trinajstić information content (AvgIpc) is 2.57. The third-order valence-electron chi connectivity index (χ3n) is 3.33. The zero-order valence-electron chi connectivity index (χ0n) is 12.9. The van der Waals surface area contributed by atoms with Crippen LogP contribution in [-0.2, 0) is 27.2 Å². The second-order valence-electron chi connectivity index (χ2n) is 5.12. The van der Waals surface area contributed by atoms with Gasteiger partial charge in [-0.05, 0) is 24.1 Å². The maximum Gasteiger partial charge on any atom is 0.310 e. The van der Waals surface area contributed by atoms with Crippen LogP contribution >= 0.6 is 23.2 Å². The molecule has 2 aromatic rings. The predicted molar refractivity (Wildman–Crippen MR) is 94.3 cm³/mol. The van der Waals surface area contributed by atoms with Gasteiger partial charge in [0.15, 0.2) is 6.61 Å². The molecule has 0 atom stereocenters. The van der Waals surface area contributed by atoms with Crippen LogP contribution in [0, 0.1) is 0 Å². The van der Waals surface area contributed by atoms with Gasteiger partial charge in [0.1, 0.15) is 0 Å². The number of carbonyl (C=O) groups excluding carboxylic acids is 2. The third kappa shape index (κ3) is 5.87. The largest absolute Gasteiger partial charge is 0.455 e. The molecule has 0 bridgehead atoms. The summed E-state index contributed by atoms with van der Waals surface area (Å²) < 4.78 is 4.95. The molecule has 0 saturated carbocycles. The average molecular weight is 366 g/mol. The summed E-state index contributed by atoms with van der Waals surface area (Å²) in [7, 11) is 0. The summed E-state index contributed by atoms with van der Waals surface area (Å²) in [5.41, 5.74) is 1.62. The molecular weight excluding hydrogens is 349 g/mol. The summed E-state index contributed by atoms with van der Waals surface area (Å²) in [6.45, 7) is 0.159. The molecule has 24 heavy (non-hydrogen) atoms. The maximum atomic E-state index is 11.8. The first-order chi connectivity index (χ1) is 11.6. The molecule has 126 valence electrons. The number of hydrogen-bond donors (Lipinski definition) is 1. The normalized spacial score (nSPS) is 10.2. The molecule has 6 heteroatoms. The van der Waals surface area contributed by atoms with Gasteiger partial charge in [0.2, 0.25) is 0 Å². The molecule has 0 aliphatic carbocycles. The first-order valence-corrected chi connectivity index (χ1v) is 8.21. The lowest BCUT2D eigenvalue weighted by Crippen LogP contribution is -2.30. The number of ether oxygens (including phenoxy) is 1. The van der Waals surface area contributed by atoms with Gasteiger partial charge in [-0.15, -0.1) is 0 Å². The smallest absolute Gasteiger partial charge is 0.310 e. The highest BCUT2D eigenvalue weighted by atomic mass is 35.5. The molecule has 4 nitrogen and oxygen atoms in total. The summed E-state index contributed by atoms with van der Waals surface area (Å²) in [6.07, 6.45) is 0.644.